The van der Waals surface area contributed by atoms with E-state index in [9.17, 15) is 13.2 Å². The predicted octanol–water partition coefficient (Wildman–Crippen LogP) is 3.95. The Balaban J connectivity index is 1.97. The van der Waals surface area contributed by atoms with Gasteiger partial charge in [0, 0.05) is 0 Å². The van der Waals surface area contributed by atoms with E-state index in [1.54, 1.807) is 19.1 Å². The van der Waals surface area contributed by atoms with Gasteiger partial charge in [-0.2, -0.15) is 0 Å². The number of hydrogen-bond acceptors (Lipinski definition) is 4. The van der Waals surface area contributed by atoms with Gasteiger partial charge >= 0.3 is 0 Å². The van der Waals surface area contributed by atoms with Crippen LogP contribution in [0.5, 0.6) is 5.75 Å². The molecule has 0 heterocycles. The van der Waals surface area contributed by atoms with E-state index in [2.05, 4.69) is 26.1 Å². The van der Waals surface area contributed by atoms with Gasteiger partial charge in [-0.3, -0.25) is 9.10 Å². The van der Waals surface area contributed by atoms with Crippen molar-refractivity contribution in [2.24, 2.45) is 0 Å². The Morgan fingerprint density at radius 1 is 1.06 bits per heavy atom. The van der Waals surface area contributed by atoms with Crippen LogP contribution in [0.25, 0.3) is 0 Å². The first-order chi connectivity index (χ1) is 14.3. The number of sulfonamides is 1. The van der Waals surface area contributed by atoms with Crippen molar-refractivity contribution >= 4 is 21.6 Å². The van der Waals surface area contributed by atoms with E-state index in [1.165, 1.54) is 5.56 Å². The third kappa shape index (κ3) is 6.72. The number of anilines is 1. The fourth-order valence-corrected chi connectivity index (χ4v) is 4.38. The quantitative estimate of drug-likeness (QED) is 0.623. The van der Waals surface area contributed by atoms with E-state index in [0.717, 1.165) is 27.4 Å². The number of carbonyl (C=O) groups is 1. The van der Waals surface area contributed by atoms with Gasteiger partial charge in [0.05, 0.1) is 18.5 Å². The van der Waals surface area contributed by atoms with Crippen LogP contribution in [0.3, 0.4) is 0 Å². The number of amides is 1. The van der Waals surface area contributed by atoms with Crippen LogP contribution in [-0.4, -0.2) is 39.8 Å². The maximum absolute atomic E-state index is 12.6. The highest BCUT2D eigenvalue weighted by Crippen LogP contribution is 2.25. The summed E-state index contributed by atoms with van der Waals surface area (Å²) in [6.45, 7) is 12.5. The zero-order valence-electron chi connectivity index (χ0n) is 19.5. The minimum absolute atomic E-state index is 0.0735. The molecule has 0 saturated carbocycles. The molecule has 1 atom stereocenters. The van der Waals surface area contributed by atoms with Crippen molar-refractivity contribution in [2.75, 3.05) is 23.7 Å². The van der Waals surface area contributed by atoms with E-state index in [-0.39, 0.29) is 24.5 Å². The predicted molar refractivity (Wildman–Crippen MR) is 126 cm³/mol. The van der Waals surface area contributed by atoms with E-state index < -0.39 is 16.1 Å². The smallest absolute Gasteiger partial charge is 0.243 e. The summed E-state index contributed by atoms with van der Waals surface area (Å²) < 4.78 is 31.7. The van der Waals surface area contributed by atoms with Crippen LogP contribution >= 0.6 is 0 Å². The van der Waals surface area contributed by atoms with E-state index in [0.29, 0.717) is 5.69 Å². The van der Waals surface area contributed by atoms with Crippen LogP contribution in [0, 0.1) is 13.8 Å². The standard InChI is InChI=1S/C24H34N2O4S/c1-17-8-11-21(16-18(17)2)26(31(7,28)29)19(3)23(27)25-14-15-30-22-12-9-20(10-13-22)24(4,5)6/h8-13,16,19H,14-15H2,1-7H3,(H,25,27)/t19-/m1/s1. The number of nitrogens with one attached hydrogen (secondary N) is 1. The Labute approximate surface area is 186 Å². The number of benzene rings is 2. The Bertz CT molecular complexity index is 1010. The maximum Gasteiger partial charge on any atom is 0.243 e. The van der Waals surface area contributed by atoms with E-state index in [4.69, 9.17) is 4.74 Å². The van der Waals surface area contributed by atoms with Gasteiger partial charge < -0.3 is 10.1 Å². The summed E-state index contributed by atoms with van der Waals surface area (Å²) in [5, 5.41) is 2.77. The molecule has 1 N–H and O–H groups in total. The first kappa shape index (κ1) is 24.7. The average molecular weight is 447 g/mol. The molecule has 0 radical (unpaired) electrons. The number of aryl methyl sites for hydroxylation is 2. The van der Waals surface area contributed by atoms with Gasteiger partial charge in [0.15, 0.2) is 0 Å². The van der Waals surface area contributed by atoms with Crippen LogP contribution in [0.4, 0.5) is 5.69 Å². The molecule has 0 fully saturated rings. The summed E-state index contributed by atoms with van der Waals surface area (Å²) in [5.41, 5.74) is 3.79. The molecule has 170 valence electrons. The molecule has 2 aromatic carbocycles. The molecule has 0 unspecified atom stereocenters. The number of nitrogens with zero attached hydrogens (tertiary/aromatic N) is 1. The van der Waals surface area contributed by atoms with Crippen LogP contribution in [0.2, 0.25) is 0 Å². The number of ether oxygens (including phenoxy) is 1. The lowest BCUT2D eigenvalue weighted by Crippen LogP contribution is -2.48. The van der Waals surface area contributed by atoms with Crippen molar-refractivity contribution in [3.05, 3.63) is 59.2 Å². The SMILES string of the molecule is Cc1ccc(N([C@H](C)C(=O)NCCOc2ccc(C(C)(C)C)cc2)S(C)(=O)=O)cc1C. The minimum atomic E-state index is -3.64. The molecular formula is C24H34N2O4S. The van der Waals surface area contributed by atoms with Crippen molar-refractivity contribution in [2.45, 2.75) is 53.0 Å². The normalized spacial score (nSPS) is 12.9. The Kier molecular flexibility index (Phi) is 7.76. The van der Waals surface area contributed by atoms with Crippen molar-refractivity contribution in [1.82, 2.24) is 5.32 Å². The summed E-state index contributed by atoms with van der Waals surface area (Å²) in [4.78, 5) is 12.6. The van der Waals surface area contributed by atoms with Crippen molar-refractivity contribution in [3.63, 3.8) is 0 Å². The Hall–Kier alpha value is -2.54. The molecule has 0 aliphatic rings. The van der Waals surface area contributed by atoms with Crippen LogP contribution in [0.1, 0.15) is 44.4 Å². The molecule has 0 aliphatic heterocycles. The highest BCUT2D eigenvalue weighted by molar-refractivity contribution is 7.92. The van der Waals surface area contributed by atoms with Gasteiger partial charge in [0.2, 0.25) is 15.9 Å². The van der Waals surface area contributed by atoms with Gasteiger partial charge in [0.25, 0.3) is 0 Å². The lowest BCUT2D eigenvalue weighted by atomic mass is 9.87. The van der Waals surface area contributed by atoms with Crippen molar-refractivity contribution in [3.8, 4) is 5.75 Å². The Morgan fingerprint density at radius 2 is 1.68 bits per heavy atom. The first-order valence-electron chi connectivity index (χ1n) is 10.4. The van der Waals surface area contributed by atoms with E-state index >= 15 is 0 Å². The summed E-state index contributed by atoms with van der Waals surface area (Å²) >= 11 is 0. The fourth-order valence-electron chi connectivity index (χ4n) is 3.21. The third-order valence-electron chi connectivity index (χ3n) is 5.22. The van der Waals surface area contributed by atoms with E-state index in [1.807, 2.05) is 44.2 Å². The van der Waals surface area contributed by atoms with Crippen LogP contribution in [-0.2, 0) is 20.2 Å². The molecule has 0 spiro atoms. The summed E-state index contributed by atoms with van der Waals surface area (Å²) in [5.74, 6) is 0.346. The third-order valence-corrected chi connectivity index (χ3v) is 6.47. The number of rotatable bonds is 8. The number of carbonyl (C=O) groups excluding carboxylic acids is 1. The van der Waals surface area contributed by atoms with Crippen molar-refractivity contribution in [1.29, 1.82) is 0 Å². The molecule has 0 aromatic heterocycles. The van der Waals surface area contributed by atoms with Crippen LogP contribution < -0.4 is 14.4 Å². The molecule has 0 saturated heterocycles. The molecule has 7 heteroatoms. The highest BCUT2D eigenvalue weighted by Gasteiger charge is 2.29. The second-order valence-corrected chi connectivity index (χ2v) is 10.8. The minimum Gasteiger partial charge on any atom is -0.492 e. The number of hydrogen-bond donors (Lipinski definition) is 1. The molecule has 6 nitrogen and oxygen atoms in total. The van der Waals surface area contributed by atoms with Gasteiger partial charge in [-0.25, -0.2) is 8.42 Å². The molecule has 0 aliphatic carbocycles. The second-order valence-electron chi connectivity index (χ2n) is 8.92. The largest absolute Gasteiger partial charge is 0.492 e. The van der Waals surface area contributed by atoms with Crippen molar-refractivity contribution < 1.29 is 17.9 Å². The van der Waals surface area contributed by atoms with Gasteiger partial charge in [0.1, 0.15) is 18.4 Å². The first-order valence-corrected chi connectivity index (χ1v) is 12.2. The zero-order valence-corrected chi connectivity index (χ0v) is 20.3. The molecule has 1 amide bonds. The lowest BCUT2D eigenvalue weighted by molar-refractivity contribution is -0.121. The highest BCUT2D eigenvalue weighted by atomic mass is 32.2. The van der Waals surface area contributed by atoms with Gasteiger partial charge in [-0.05, 0) is 67.1 Å². The van der Waals surface area contributed by atoms with Gasteiger partial charge in [-0.15, -0.1) is 0 Å². The average Bonchev–Trinajstić information content (AvgIpc) is 2.66. The zero-order chi connectivity index (χ0) is 23.4. The summed E-state index contributed by atoms with van der Waals surface area (Å²) in [6, 6.07) is 12.4. The molecular weight excluding hydrogens is 412 g/mol. The second kappa shape index (κ2) is 9.73. The summed E-state index contributed by atoms with van der Waals surface area (Å²) in [7, 11) is -3.64. The topological polar surface area (TPSA) is 75.7 Å². The molecule has 0 bridgehead atoms. The lowest BCUT2D eigenvalue weighted by Gasteiger charge is -2.28. The van der Waals surface area contributed by atoms with Gasteiger partial charge in [-0.1, -0.05) is 39.0 Å². The molecule has 2 aromatic rings. The molecule has 2 rings (SSSR count). The maximum atomic E-state index is 12.6. The fraction of sp³-hybridized carbons (Fsp3) is 0.458. The summed E-state index contributed by atoms with van der Waals surface area (Å²) in [6.07, 6.45) is 1.11. The molecule has 31 heavy (non-hydrogen) atoms. The van der Waals surface area contributed by atoms with Crippen LogP contribution in [0.15, 0.2) is 42.5 Å². The monoisotopic (exact) mass is 446 g/mol. The Morgan fingerprint density at radius 3 is 2.19 bits per heavy atom.